The number of fused-ring (bicyclic) bond motifs is 2. The lowest BCUT2D eigenvalue weighted by Crippen LogP contribution is -2.51. The molecule has 5 rings (SSSR count). The van der Waals surface area contributed by atoms with Crippen molar-refractivity contribution >= 4 is 22.5 Å². The van der Waals surface area contributed by atoms with Gasteiger partial charge in [-0.15, -0.1) is 0 Å². The predicted octanol–water partition coefficient (Wildman–Crippen LogP) is 3.05. The molecule has 0 saturated carbocycles. The number of pyridine rings is 1. The summed E-state index contributed by atoms with van der Waals surface area (Å²) in [6.45, 7) is 3.76. The SMILES string of the molecule is O=C(c1ccc(O)cc1)N1CCN(CC(O)CNc2c3c(nc4ccccc24)CCCC3)CC1. The van der Waals surface area contributed by atoms with Crippen LogP contribution in [0.3, 0.4) is 0 Å². The number of rotatable bonds is 6. The molecule has 1 saturated heterocycles. The van der Waals surface area contributed by atoms with E-state index in [-0.39, 0.29) is 11.7 Å². The summed E-state index contributed by atoms with van der Waals surface area (Å²) in [5.74, 6) is 0.139. The summed E-state index contributed by atoms with van der Waals surface area (Å²) in [6, 6.07) is 14.6. The van der Waals surface area contributed by atoms with Crippen LogP contribution in [0.1, 0.15) is 34.5 Å². The Morgan fingerprint density at radius 2 is 1.74 bits per heavy atom. The summed E-state index contributed by atoms with van der Waals surface area (Å²) in [7, 11) is 0. The van der Waals surface area contributed by atoms with Crippen molar-refractivity contribution in [3.8, 4) is 5.75 Å². The van der Waals surface area contributed by atoms with Gasteiger partial charge in [-0.25, -0.2) is 0 Å². The third-order valence-electron chi connectivity index (χ3n) is 6.93. The highest BCUT2D eigenvalue weighted by atomic mass is 16.3. The molecule has 0 bridgehead atoms. The van der Waals surface area contributed by atoms with Crippen LogP contribution >= 0.6 is 0 Å². The van der Waals surface area contributed by atoms with Crippen LogP contribution in [-0.4, -0.2) is 76.3 Å². The van der Waals surface area contributed by atoms with Gasteiger partial charge in [0.1, 0.15) is 5.75 Å². The largest absolute Gasteiger partial charge is 0.508 e. The topological polar surface area (TPSA) is 88.9 Å². The van der Waals surface area contributed by atoms with Crippen molar-refractivity contribution in [3.63, 3.8) is 0 Å². The first-order chi connectivity index (χ1) is 16.6. The molecular formula is C27H32N4O3. The molecule has 0 radical (unpaired) electrons. The zero-order valence-electron chi connectivity index (χ0n) is 19.4. The lowest BCUT2D eigenvalue weighted by Gasteiger charge is -2.35. The van der Waals surface area contributed by atoms with Gasteiger partial charge in [-0.05, 0) is 61.6 Å². The second-order valence-corrected chi connectivity index (χ2v) is 9.31. The summed E-state index contributed by atoms with van der Waals surface area (Å²) in [4.78, 5) is 21.6. The number of aryl methyl sites for hydroxylation is 1. The van der Waals surface area contributed by atoms with E-state index in [1.54, 1.807) is 12.1 Å². The first-order valence-corrected chi connectivity index (χ1v) is 12.2. The van der Waals surface area contributed by atoms with Gasteiger partial charge in [0.25, 0.3) is 5.91 Å². The fourth-order valence-corrected chi connectivity index (χ4v) is 5.08. The molecule has 1 aromatic heterocycles. The number of anilines is 1. The number of phenols is 1. The predicted molar refractivity (Wildman–Crippen MR) is 133 cm³/mol. The van der Waals surface area contributed by atoms with E-state index in [0.29, 0.717) is 31.7 Å². The number of carbonyl (C=O) groups is 1. The van der Waals surface area contributed by atoms with Gasteiger partial charge in [-0.3, -0.25) is 14.7 Å². The Morgan fingerprint density at radius 3 is 2.53 bits per heavy atom. The smallest absolute Gasteiger partial charge is 0.253 e. The van der Waals surface area contributed by atoms with E-state index in [1.807, 2.05) is 17.0 Å². The minimum atomic E-state index is -0.509. The Morgan fingerprint density at radius 1 is 1.00 bits per heavy atom. The monoisotopic (exact) mass is 460 g/mol. The number of benzene rings is 2. The number of aromatic hydroxyl groups is 1. The Hall–Kier alpha value is -3.16. The van der Waals surface area contributed by atoms with Gasteiger partial charge >= 0.3 is 0 Å². The Labute approximate surface area is 200 Å². The normalized spacial score (nSPS) is 17.4. The Bertz CT molecular complexity index is 1160. The van der Waals surface area contributed by atoms with Gasteiger partial charge in [0, 0.05) is 61.6 Å². The average Bonchev–Trinajstić information content (AvgIpc) is 2.87. The Kier molecular flexibility index (Phi) is 6.65. The number of aromatic nitrogens is 1. The minimum Gasteiger partial charge on any atom is -0.508 e. The van der Waals surface area contributed by atoms with Gasteiger partial charge in [0.05, 0.1) is 11.6 Å². The summed E-state index contributed by atoms with van der Waals surface area (Å²) in [6.07, 6.45) is 3.90. The van der Waals surface area contributed by atoms with Gasteiger partial charge < -0.3 is 20.4 Å². The first kappa shape index (κ1) is 22.6. The lowest BCUT2D eigenvalue weighted by atomic mass is 9.92. The van der Waals surface area contributed by atoms with E-state index in [9.17, 15) is 15.0 Å². The fraction of sp³-hybridized carbons (Fsp3) is 0.407. The van der Waals surface area contributed by atoms with E-state index < -0.39 is 6.10 Å². The van der Waals surface area contributed by atoms with Gasteiger partial charge in [0.2, 0.25) is 0 Å². The summed E-state index contributed by atoms with van der Waals surface area (Å²) in [5, 5.41) is 24.9. The molecule has 1 aliphatic heterocycles. The molecule has 3 aromatic rings. The van der Waals surface area contributed by atoms with Crippen LogP contribution in [0.15, 0.2) is 48.5 Å². The van der Waals surface area contributed by atoms with Crippen LogP contribution in [0.25, 0.3) is 10.9 Å². The van der Waals surface area contributed by atoms with Crippen molar-refractivity contribution in [3.05, 3.63) is 65.4 Å². The number of aliphatic hydroxyl groups excluding tert-OH is 1. The molecule has 3 N–H and O–H groups in total. The quantitative estimate of drug-likeness (QED) is 0.524. The van der Waals surface area contributed by atoms with Gasteiger partial charge in [-0.2, -0.15) is 0 Å². The molecular weight excluding hydrogens is 428 g/mol. The summed E-state index contributed by atoms with van der Waals surface area (Å²) < 4.78 is 0. The van der Waals surface area contributed by atoms with Crippen LogP contribution in [-0.2, 0) is 12.8 Å². The van der Waals surface area contributed by atoms with Crippen molar-refractivity contribution in [2.45, 2.75) is 31.8 Å². The number of carbonyl (C=O) groups excluding carboxylic acids is 1. The molecule has 1 atom stereocenters. The second-order valence-electron chi connectivity index (χ2n) is 9.31. The average molecular weight is 461 g/mol. The number of aliphatic hydroxyl groups is 1. The summed E-state index contributed by atoms with van der Waals surface area (Å²) >= 11 is 0. The highest BCUT2D eigenvalue weighted by molar-refractivity contribution is 5.94. The zero-order valence-corrected chi connectivity index (χ0v) is 19.4. The number of hydrogen-bond acceptors (Lipinski definition) is 6. The van der Waals surface area contributed by atoms with Gasteiger partial charge in [-0.1, -0.05) is 18.2 Å². The molecule has 7 nitrogen and oxygen atoms in total. The van der Waals surface area contributed by atoms with Crippen molar-refractivity contribution in [2.75, 3.05) is 44.6 Å². The van der Waals surface area contributed by atoms with Crippen LogP contribution in [0.4, 0.5) is 5.69 Å². The molecule has 1 fully saturated rings. The highest BCUT2D eigenvalue weighted by Crippen LogP contribution is 2.33. The third kappa shape index (κ3) is 4.86. The number of nitrogens with one attached hydrogen (secondary N) is 1. The van der Waals surface area contributed by atoms with E-state index in [0.717, 1.165) is 42.5 Å². The molecule has 0 spiro atoms. The van der Waals surface area contributed by atoms with Gasteiger partial charge in [0.15, 0.2) is 0 Å². The molecule has 2 heterocycles. The third-order valence-corrected chi connectivity index (χ3v) is 6.93. The molecule has 7 heteroatoms. The van der Waals surface area contributed by atoms with Crippen molar-refractivity contribution in [1.82, 2.24) is 14.8 Å². The number of amides is 1. The summed E-state index contributed by atoms with van der Waals surface area (Å²) in [5.41, 5.74) is 5.22. The number of para-hydroxylation sites is 1. The van der Waals surface area contributed by atoms with E-state index in [1.165, 1.54) is 36.2 Å². The molecule has 178 valence electrons. The fourth-order valence-electron chi connectivity index (χ4n) is 5.08. The molecule has 1 amide bonds. The van der Waals surface area contributed by atoms with Crippen LogP contribution < -0.4 is 5.32 Å². The highest BCUT2D eigenvalue weighted by Gasteiger charge is 2.24. The number of phenolic OH excluding ortho intramolecular Hbond substituents is 1. The Balaban J connectivity index is 1.17. The first-order valence-electron chi connectivity index (χ1n) is 12.2. The molecule has 2 aliphatic rings. The molecule has 2 aromatic carbocycles. The second kappa shape index (κ2) is 9.99. The van der Waals surface area contributed by atoms with Crippen molar-refractivity contribution < 1.29 is 15.0 Å². The zero-order chi connectivity index (χ0) is 23.5. The lowest BCUT2D eigenvalue weighted by molar-refractivity contribution is 0.0547. The maximum absolute atomic E-state index is 12.7. The van der Waals surface area contributed by atoms with Crippen molar-refractivity contribution in [1.29, 1.82) is 0 Å². The van der Waals surface area contributed by atoms with Crippen LogP contribution in [0, 0.1) is 0 Å². The molecule has 1 unspecified atom stereocenters. The standard InChI is InChI=1S/C27H32N4O3/c32-20-11-9-19(10-12-20)27(34)31-15-13-30(14-16-31)18-21(33)17-28-26-22-5-1-3-7-24(22)29-25-8-4-2-6-23(25)26/h1,3,5,7,9-12,21,32-33H,2,4,6,8,13-18H2,(H,28,29). The number of piperazine rings is 1. The van der Waals surface area contributed by atoms with E-state index in [2.05, 4.69) is 22.3 Å². The molecule has 34 heavy (non-hydrogen) atoms. The van der Waals surface area contributed by atoms with Crippen LogP contribution in [0.5, 0.6) is 5.75 Å². The van der Waals surface area contributed by atoms with E-state index in [4.69, 9.17) is 4.98 Å². The van der Waals surface area contributed by atoms with Crippen LogP contribution in [0.2, 0.25) is 0 Å². The number of β-amino-alcohol motifs (C(OH)–C–C–N with tert-alkyl or cyclic N) is 1. The molecule has 1 aliphatic carbocycles. The van der Waals surface area contributed by atoms with Crippen molar-refractivity contribution in [2.24, 2.45) is 0 Å². The number of nitrogens with zero attached hydrogens (tertiary/aromatic N) is 3. The maximum atomic E-state index is 12.7. The minimum absolute atomic E-state index is 0.0174. The number of hydrogen-bond donors (Lipinski definition) is 3. The maximum Gasteiger partial charge on any atom is 0.253 e. The van der Waals surface area contributed by atoms with E-state index >= 15 is 0 Å².